The number of carbonyl (C=O) groups is 2. The summed E-state index contributed by atoms with van der Waals surface area (Å²) in [6, 6.07) is 10.5. The molecule has 1 atom stereocenters. The van der Waals surface area contributed by atoms with E-state index in [1.165, 1.54) is 19.2 Å². The number of anilines is 1. The summed E-state index contributed by atoms with van der Waals surface area (Å²) in [4.78, 5) is 24.2. The monoisotopic (exact) mass is 388 g/mol. The summed E-state index contributed by atoms with van der Waals surface area (Å²) in [5.74, 6) is -0.651. The molecule has 7 heteroatoms. The van der Waals surface area contributed by atoms with E-state index in [4.69, 9.17) is 9.47 Å². The number of rotatable bonds is 5. The zero-order chi connectivity index (χ0) is 20.9. The highest BCUT2D eigenvalue weighted by molar-refractivity contribution is 5.95. The van der Waals surface area contributed by atoms with E-state index < -0.39 is 23.6 Å². The second-order valence-electron chi connectivity index (χ2n) is 7.29. The molecule has 2 aromatic rings. The minimum atomic E-state index is -0.596. The minimum Gasteiger partial charge on any atom is -0.494 e. The number of nitrogens with one attached hydrogen (secondary N) is 2. The highest BCUT2D eigenvalue weighted by Gasteiger charge is 2.17. The summed E-state index contributed by atoms with van der Waals surface area (Å²) in [7, 11) is 1.39. The molecular formula is C21H25FN2O4. The topological polar surface area (TPSA) is 76.7 Å². The molecule has 0 aliphatic heterocycles. The molecule has 0 radical (unpaired) electrons. The number of halogens is 1. The van der Waals surface area contributed by atoms with Crippen molar-refractivity contribution in [2.75, 3.05) is 12.4 Å². The van der Waals surface area contributed by atoms with Crippen molar-refractivity contribution in [2.45, 2.75) is 39.3 Å². The third-order valence-electron chi connectivity index (χ3n) is 3.82. The first-order valence-corrected chi connectivity index (χ1v) is 8.83. The van der Waals surface area contributed by atoms with Crippen molar-refractivity contribution in [1.29, 1.82) is 0 Å². The molecule has 0 fully saturated rings. The maximum absolute atomic E-state index is 13.8. The molecule has 0 unspecified atom stereocenters. The Balaban J connectivity index is 1.99. The molecule has 28 heavy (non-hydrogen) atoms. The minimum absolute atomic E-state index is 0.148. The summed E-state index contributed by atoms with van der Waals surface area (Å²) in [5, 5.41) is 5.41. The van der Waals surface area contributed by atoms with Crippen LogP contribution in [0.1, 0.15) is 49.7 Å². The van der Waals surface area contributed by atoms with Crippen LogP contribution in [-0.4, -0.2) is 24.7 Å². The van der Waals surface area contributed by atoms with E-state index in [1.807, 2.05) is 0 Å². The Bertz CT molecular complexity index is 844. The molecular weight excluding hydrogens is 363 g/mol. The van der Waals surface area contributed by atoms with E-state index >= 15 is 0 Å². The van der Waals surface area contributed by atoms with Crippen molar-refractivity contribution in [3.05, 3.63) is 59.4 Å². The van der Waals surface area contributed by atoms with Crippen molar-refractivity contribution < 1.29 is 23.5 Å². The van der Waals surface area contributed by atoms with Gasteiger partial charge in [0.05, 0.1) is 13.2 Å². The lowest BCUT2D eigenvalue weighted by molar-refractivity contribution is 0.0635. The first kappa shape index (κ1) is 21.2. The predicted octanol–water partition coefficient (Wildman–Crippen LogP) is 4.67. The molecule has 2 aromatic carbocycles. The van der Waals surface area contributed by atoms with Crippen LogP contribution < -0.4 is 15.4 Å². The Morgan fingerprint density at radius 3 is 2.25 bits per heavy atom. The van der Waals surface area contributed by atoms with Crippen molar-refractivity contribution in [1.82, 2.24) is 5.32 Å². The number of methoxy groups -OCH3 is 1. The molecule has 6 nitrogen and oxygen atoms in total. The molecule has 0 aliphatic carbocycles. The average Bonchev–Trinajstić information content (AvgIpc) is 2.60. The molecule has 2 rings (SSSR count). The molecule has 2 N–H and O–H groups in total. The maximum Gasteiger partial charge on any atom is 0.412 e. The molecule has 0 aliphatic rings. The van der Waals surface area contributed by atoms with Crippen LogP contribution in [0.15, 0.2) is 42.5 Å². The van der Waals surface area contributed by atoms with Crippen molar-refractivity contribution in [3.8, 4) is 5.75 Å². The summed E-state index contributed by atoms with van der Waals surface area (Å²) in [5.41, 5.74) is 0.947. The highest BCUT2D eigenvalue weighted by Crippen LogP contribution is 2.22. The van der Waals surface area contributed by atoms with Gasteiger partial charge in [0.25, 0.3) is 5.91 Å². The van der Waals surface area contributed by atoms with E-state index in [9.17, 15) is 14.0 Å². The summed E-state index contributed by atoms with van der Waals surface area (Å²) >= 11 is 0. The van der Waals surface area contributed by atoms with Gasteiger partial charge < -0.3 is 14.8 Å². The Morgan fingerprint density at radius 1 is 1.07 bits per heavy atom. The molecule has 0 saturated heterocycles. The van der Waals surface area contributed by atoms with Crippen molar-refractivity contribution in [2.24, 2.45) is 0 Å². The van der Waals surface area contributed by atoms with Gasteiger partial charge in [-0.2, -0.15) is 0 Å². The van der Waals surface area contributed by atoms with Crippen LogP contribution in [-0.2, 0) is 4.74 Å². The average molecular weight is 388 g/mol. The maximum atomic E-state index is 13.8. The van der Waals surface area contributed by atoms with Gasteiger partial charge in [0.15, 0.2) is 11.6 Å². The second-order valence-corrected chi connectivity index (χ2v) is 7.29. The number of hydrogen-bond acceptors (Lipinski definition) is 4. The lowest BCUT2D eigenvalue weighted by Gasteiger charge is -2.19. The number of carbonyl (C=O) groups excluding carboxylic acids is 2. The SMILES string of the molecule is COc1ccc([C@@H](C)NC(=O)c2ccc(NC(=O)OC(C)(C)C)cc2)cc1F. The number of ether oxygens (including phenoxy) is 2. The van der Waals surface area contributed by atoms with Crippen LogP contribution in [0.5, 0.6) is 5.75 Å². The van der Waals surface area contributed by atoms with Gasteiger partial charge in [-0.1, -0.05) is 6.07 Å². The first-order chi connectivity index (χ1) is 13.1. The Labute approximate surface area is 164 Å². The second kappa shape index (κ2) is 8.73. The first-order valence-electron chi connectivity index (χ1n) is 8.83. The van der Waals surface area contributed by atoms with Crippen molar-refractivity contribution >= 4 is 17.7 Å². The molecule has 150 valence electrons. The van der Waals surface area contributed by atoms with E-state index in [0.29, 0.717) is 16.8 Å². The lowest BCUT2D eigenvalue weighted by atomic mass is 10.1. The normalized spacial score (nSPS) is 12.1. The van der Waals surface area contributed by atoms with Gasteiger partial charge >= 0.3 is 6.09 Å². The predicted molar refractivity (Wildman–Crippen MR) is 105 cm³/mol. The number of hydrogen-bond donors (Lipinski definition) is 2. The van der Waals surface area contributed by atoms with Gasteiger partial charge in [0.1, 0.15) is 5.60 Å². The largest absolute Gasteiger partial charge is 0.494 e. The fraction of sp³-hybridized carbons (Fsp3) is 0.333. The number of benzene rings is 2. The molecule has 0 saturated carbocycles. The summed E-state index contributed by atoms with van der Waals surface area (Å²) < 4.78 is 23.9. The van der Waals surface area contributed by atoms with E-state index in [2.05, 4.69) is 10.6 Å². The molecule has 0 heterocycles. The third kappa shape index (κ3) is 5.97. The third-order valence-corrected chi connectivity index (χ3v) is 3.82. The summed E-state index contributed by atoms with van der Waals surface area (Å²) in [6.07, 6.45) is -0.570. The highest BCUT2D eigenvalue weighted by atomic mass is 19.1. The lowest BCUT2D eigenvalue weighted by Crippen LogP contribution is -2.27. The molecule has 0 aromatic heterocycles. The summed E-state index contributed by atoms with van der Waals surface area (Å²) in [6.45, 7) is 7.08. The van der Waals surface area contributed by atoms with Crippen LogP contribution in [0.25, 0.3) is 0 Å². The Hall–Kier alpha value is -3.09. The van der Waals surface area contributed by atoms with E-state index in [1.54, 1.807) is 58.0 Å². The molecule has 0 spiro atoms. The molecule has 2 amide bonds. The fourth-order valence-corrected chi connectivity index (χ4v) is 2.44. The van der Waals surface area contributed by atoms with Crippen LogP contribution in [0.4, 0.5) is 14.9 Å². The van der Waals surface area contributed by atoms with Crippen molar-refractivity contribution in [3.63, 3.8) is 0 Å². The standard InChI is InChI=1S/C21H25FN2O4/c1-13(15-8-11-18(27-5)17(22)12-15)23-19(25)14-6-9-16(10-7-14)24-20(26)28-21(2,3)4/h6-13H,1-5H3,(H,23,25)(H,24,26)/t13-/m1/s1. The zero-order valence-electron chi connectivity index (χ0n) is 16.6. The Kier molecular flexibility index (Phi) is 6.62. The van der Waals surface area contributed by atoms with Gasteiger partial charge in [-0.3, -0.25) is 10.1 Å². The van der Waals surface area contributed by atoms with Gasteiger partial charge in [0, 0.05) is 11.3 Å². The fourth-order valence-electron chi connectivity index (χ4n) is 2.44. The molecule has 0 bridgehead atoms. The van der Waals surface area contributed by atoms with Crippen LogP contribution in [0.2, 0.25) is 0 Å². The van der Waals surface area contributed by atoms with Crippen LogP contribution in [0, 0.1) is 5.82 Å². The van der Waals surface area contributed by atoms with Crippen LogP contribution in [0.3, 0.4) is 0 Å². The van der Waals surface area contributed by atoms with Gasteiger partial charge in [0.2, 0.25) is 0 Å². The van der Waals surface area contributed by atoms with Crippen LogP contribution >= 0.6 is 0 Å². The zero-order valence-corrected chi connectivity index (χ0v) is 16.6. The smallest absolute Gasteiger partial charge is 0.412 e. The van der Waals surface area contributed by atoms with Gasteiger partial charge in [-0.25, -0.2) is 9.18 Å². The van der Waals surface area contributed by atoms with E-state index in [0.717, 1.165) is 0 Å². The van der Waals surface area contributed by atoms with E-state index in [-0.39, 0.29) is 11.7 Å². The quantitative estimate of drug-likeness (QED) is 0.780. The van der Waals surface area contributed by atoms with Gasteiger partial charge in [-0.05, 0) is 69.7 Å². The number of amides is 2. The Morgan fingerprint density at radius 2 is 1.71 bits per heavy atom. The van der Waals surface area contributed by atoms with Gasteiger partial charge in [-0.15, -0.1) is 0 Å².